The molecule has 0 aliphatic carbocycles. The number of ketones is 1. The topological polar surface area (TPSA) is 76.1 Å². The van der Waals surface area contributed by atoms with Crippen molar-refractivity contribution in [2.24, 2.45) is 0 Å². The van der Waals surface area contributed by atoms with Crippen LogP contribution in [0.4, 0.5) is 5.69 Å². The zero-order chi connectivity index (χ0) is 23.9. The second-order valence-corrected chi connectivity index (χ2v) is 9.15. The Bertz CT molecular complexity index is 1270. The van der Waals surface area contributed by atoms with E-state index in [1.165, 1.54) is 36.5 Å². The van der Waals surface area contributed by atoms with Crippen molar-refractivity contribution in [2.75, 3.05) is 19.1 Å². The van der Waals surface area contributed by atoms with E-state index in [9.17, 15) is 14.7 Å². The summed E-state index contributed by atoms with van der Waals surface area (Å²) >= 11 is 20.0. The Morgan fingerprint density at radius 3 is 2.27 bits per heavy atom. The highest BCUT2D eigenvalue weighted by atomic mass is 35.5. The molecule has 0 bridgehead atoms. The van der Waals surface area contributed by atoms with Gasteiger partial charge in [-0.25, -0.2) is 0 Å². The summed E-state index contributed by atoms with van der Waals surface area (Å²) in [5.41, 5.74) is 0.397. The van der Waals surface area contributed by atoms with Crippen LogP contribution in [0.2, 0.25) is 15.1 Å². The Labute approximate surface area is 208 Å². The first-order chi connectivity index (χ1) is 15.8. The van der Waals surface area contributed by atoms with Crippen LogP contribution in [-0.2, 0) is 9.59 Å². The summed E-state index contributed by atoms with van der Waals surface area (Å²) in [4.78, 5) is 28.3. The van der Waals surface area contributed by atoms with E-state index in [-0.39, 0.29) is 32.7 Å². The normalized spacial score (nSPS) is 17.5. The maximum atomic E-state index is 13.2. The number of amides is 1. The van der Waals surface area contributed by atoms with E-state index in [1.54, 1.807) is 36.4 Å². The zero-order valence-corrected chi connectivity index (χ0v) is 20.3. The molecule has 1 aliphatic heterocycles. The molecule has 1 unspecified atom stereocenters. The Balaban J connectivity index is 1.98. The van der Waals surface area contributed by atoms with Gasteiger partial charge in [-0.15, -0.1) is 11.3 Å². The van der Waals surface area contributed by atoms with E-state index in [0.717, 1.165) is 0 Å². The summed E-state index contributed by atoms with van der Waals surface area (Å²) in [7, 11) is 2.74. The fourth-order valence-electron chi connectivity index (χ4n) is 3.71. The van der Waals surface area contributed by atoms with Crippen molar-refractivity contribution in [1.82, 2.24) is 0 Å². The SMILES string of the molecule is COc1c(Cl)cc(/C(O)=C2/C(=O)C(=O)N(c3ccc(Cl)cc3)C2c2cccs2)c(OC)c1Cl. The second kappa shape index (κ2) is 9.27. The Kier molecular flexibility index (Phi) is 6.59. The highest BCUT2D eigenvalue weighted by Gasteiger charge is 2.47. The Morgan fingerprint density at radius 1 is 1.03 bits per heavy atom. The van der Waals surface area contributed by atoms with Crippen LogP contribution in [0.5, 0.6) is 11.5 Å². The number of halogens is 3. The van der Waals surface area contributed by atoms with Gasteiger partial charge in [0.25, 0.3) is 11.7 Å². The van der Waals surface area contributed by atoms with Gasteiger partial charge in [-0.3, -0.25) is 14.5 Å². The number of hydrogen-bond donors (Lipinski definition) is 1. The number of carbonyl (C=O) groups excluding carboxylic acids is 2. The monoisotopic (exact) mass is 523 g/mol. The van der Waals surface area contributed by atoms with E-state index in [2.05, 4.69) is 0 Å². The molecule has 2 heterocycles. The maximum Gasteiger partial charge on any atom is 0.300 e. The minimum atomic E-state index is -0.879. The minimum absolute atomic E-state index is 0.0219. The molecule has 10 heteroatoms. The first-order valence-electron chi connectivity index (χ1n) is 9.50. The number of nitrogens with zero attached hydrogens (tertiary/aromatic N) is 1. The van der Waals surface area contributed by atoms with Gasteiger partial charge in [0, 0.05) is 15.6 Å². The third-order valence-corrected chi connectivity index (χ3v) is 6.96. The standard InChI is InChI=1S/C23H16Cl3NO5S/c1-31-21-13(10-14(25)22(32-2)17(21)26)19(28)16-18(15-4-3-9-33-15)27(23(30)20(16)29)12-7-5-11(24)6-8-12/h3-10,18,28H,1-2H3/b19-16-. The van der Waals surface area contributed by atoms with Crippen LogP contribution >= 0.6 is 46.1 Å². The molecule has 6 nitrogen and oxygen atoms in total. The lowest BCUT2D eigenvalue weighted by atomic mass is 9.99. The number of Topliss-reactive ketones (excluding diaryl/α,β-unsaturated/α-hetero) is 1. The van der Waals surface area contributed by atoms with Crippen molar-refractivity contribution < 1.29 is 24.2 Å². The third-order valence-electron chi connectivity index (χ3n) is 5.16. The maximum absolute atomic E-state index is 13.2. The molecule has 1 saturated heterocycles. The summed E-state index contributed by atoms with van der Waals surface area (Å²) in [5, 5.41) is 13.8. The quantitative estimate of drug-likeness (QED) is 0.239. The van der Waals surface area contributed by atoms with Gasteiger partial charge >= 0.3 is 0 Å². The molecule has 1 fully saturated rings. The molecular formula is C23H16Cl3NO5S. The zero-order valence-electron chi connectivity index (χ0n) is 17.3. The lowest BCUT2D eigenvalue weighted by Crippen LogP contribution is -2.29. The van der Waals surface area contributed by atoms with Crippen LogP contribution in [0.15, 0.2) is 53.4 Å². The molecule has 3 aromatic rings. The summed E-state index contributed by atoms with van der Waals surface area (Å²) in [6, 6.07) is 10.6. The number of benzene rings is 2. The molecule has 1 aliphatic rings. The predicted octanol–water partition coefficient (Wildman–Crippen LogP) is 6.35. The van der Waals surface area contributed by atoms with Crippen LogP contribution in [0, 0.1) is 0 Å². The van der Waals surface area contributed by atoms with Gasteiger partial charge in [0.2, 0.25) is 0 Å². The highest BCUT2D eigenvalue weighted by molar-refractivity contribution is 7.10. The molecule has 4 rings (SSSR count). The number of carbonyl (C=O) groups is 2. The largest absolute Gasteiger partial charge is 0.507 e. The predicted molar refractivity (Wildman–Crippen MR) is 130 cm³/mol. The number of aliphatic hydroxyl groups is 1. The van der Waals surface area contributed by atoms with Crippen LogP contribution < -0.4 is 14.4 Å². The molecule has 0 saturated carbocycles. The summed E-state index contributed by atoms with van der Waals surface area (Å²) in [5.74, 6) is -1.90. The second-order valence-electron chi connectivity index (χ2n) is 6.95. The first-order valence-corrected chi connectivity index (χ1v) is 11.5. The van der Waals surface area contributed by atoms with Crippen LogP contribution in [0.25, 0.3) is 5.76 Å². The van der Waals surface area contributed by atoms with Crippen molar-refractivity contribution in [1.29, 1.82) is 0 Å². The van der Waals surface area contributed by atoms with Crippen LogP contribution in [0.3, 0.4) is 0 Å². The van der Waals surface area contributed by atoms with Crippen molar-refractivity contribution in [3.8, 4) is 11.5 Å². The van der Waals surface area contributed by atoms with Crippen molar-refractivity contribution in [3.63, 3.8) is 0 Å². The van der Waals surface area contributed by atoms with Gasteiger partial charge < -0.3 is 14.6 Å². The van der Waals surface area contributed by atoms with E-state index < -0.39 is 23.5 Å². The first kappa shape index (κ1) is 23.4. The van der Waals surface area contributed by atoms with E-state index in [1.807, 2.05) is 5.38 Å². The number of hydrogen-bond acceptors (Lipinski definition) is 6. The van der Waals surface area contributed by atoms with Crippen molar-refractivity contribution in [3.05, 3.63) is 78.9 Å². The van der Waals surface area contributed by atoms with Crippen molar-refractivity contribution in [2.45, 2.75) is 6.04 Å². The average Bonchev–Trinajstić information content (AvgIpc) is 3.41. The third kappa shape index (κ3) is 3.95. The van der Waals surface area contributed by atoms with Crippen LogP contribution in [0.1, 0.15) is 16.5 Å². The Morgan fingerprint density at radius 2 is 1.70 bits per heavy atom. The molecular weight excluding hydrogens is 509 g/mol. The molecule has 1 atom stereocenters. The number of ether oxygens (including phenoxy) is 2. The van der Waals surface area contributed by atoms with Gasteiger partial charge in [-0.05, 0) is 41.8 Å². The minimum Gasteiger partial charge on any atom is -0.507 e. The summed E-state index contributed by atoms with van der Waals surface area (Å²) in [6.45, 7) is 0. The molecule has 170 valence electrons. The number of aliphatic hydroxyl groups excluding tert-OH is 1. The van der Waals surface area contributed by atoms with Gasteiger partial charge in [-0.2, -0.15) is 0 Å². The van der Waals surface area contributed by atoms with E-state index in [4.69, 9.17) is 44.3 Å². The summed E-state index contributed by atoms with van der Waals surface area (Å²) < 4.78 is 10.6. The molecule has 2 aromatic carbocycles. The van der Waals surface area contributed by atoms with Gasteiger partial charge in [0.15, 0.2) is 11.5 Å². The van der Waals surface area contributed by atoms with E-state index in [0.29, 0.717) is 15.6 Å². The number of thiophene rings is 1. The lowest BCUT2D eigenvalue weighted by Gasteiger charge is -2.24. The molecule has 0 radical (unpaired) electrons. The number of rotatable bonds is 5. The highest BCUT2D eigenvalue weighted by Crippen LogP contribution is 2.48. The number of anilines is 1. The van der Waals surface area contributed by atoms with Crippen LogP contribution in [-0.4, -0.2) is 31.0 Å². The van der Waals surface area contributed by atoms with Gasteiger partial charge in [0.1, 0.15) is 16.8 Å². The van der Waals surface area contributed by atoms with E-state index >= 15 is 0 Å². The fourth-order valence-corrected chi connectivity index (χ4v) is 5.34. The molecule has 1 N–H and O–H groups in total. The van der Waals surface area contributed by atoms with Gasteiger partial charge in [-0.1, -0.05) is 40.9 Å². The molecule has 1 amide bonds. The molecule has 1 aromatic heterocycles. The van der Waals surface area contributed by atoms with Gasteiger partial charge in [0.05, 0.1) is 30.4 Å². The molecule has 0 spiro atoms. The molecule has 33 heavy (non-hydrogen) atoms. The fraction of sp³-hybridized carbons (Fsp3) is 0.130. The lowest BCUT2D eigenvalue weighted by molar-refractivity contribution is -0.132. The number of methoxy groups -OCH3 is 2. The Hall–Kier alpha value is -2.71. The average molecular weight is 525 g/mol. The van der Waals surface area contributed by atoms with Crippen molar-refractivity contribution >= 4 is 69.3 Å². The smallest absolute Gasteiger partial charge is 0.300 e. The summed E-state index contributed by atoms with van der Waals surface area (Å²) in [6.07, 6.45) is 0.